The lowest BCUT2D eigenvalue weighted by Gasteiger charge is -2.32. The van der Waals surface area contributed by atoms with Gasteiger partial charge < -0.3 is 15.4 Å². The minimum atomic E-state index is 0.410. The van der Waals surface area contributed by atoms with Gasteiger partial charge in [0.2, 0.25) is 5.88 Å². The van der Waals surface area contributed by atoms with Crippen molar-refractivity contribution in [3.63, 3.8) is 0 Å². The first kappa shape index (κ1) is 12.7. The van der Waals surface area contributed by atoms with Crippen LogP contribution >= 0.6 is 0 Å². The van der Waals surface area contributed by atoms with Gasteiger partial charge in [-0.25, -0.2) is 9.97 Å². The van der Waals surface area contributed by atoms with Gasteiger partial charge >= 0.3 is 0 Å². The highest BCUT2D eigenvalue weighted by molar-refractivity contribution is 5.41. The third kappa shape index (κ3) is 2.52. The molecule has 0 bridgehead atoms. The quantitative estimate of drug-likeness (QED) is 0.902. The van der Waals surface area contributed by atoms with Gasteiger partial charge in [0, 0.05) is 25.4 Å². The highest BCUT2D eigenvalue weighted by Gasteiger charge is 2.22. The van der Waals surface area contributed by atoms with E-state index in [4.69, 9.17) is 10.5 Å². The number of hydrogen-bond acceptors (Lipinski definition) is 6. The fraction of sp³-hybridized carbons (Fsp3) is 0.462. The van der Waals surface area contributed by atoms with Crippen molar-refractivity contribution in [2.24, 2.45) is 0 Å². The van der Waals surface area contributed by atoms with Crippen LogP contribution in [0.2, 0.25) is 0 Å². The van der Waals surface area contributed by atoms with E-state index >= 15 is 0 Å². The van der Waals surface area contributed by atoms with E-state index in [1.807, 2.05) is 23.0 Å². The number of methoxy groups -OCH3 is 1. The maximum absolute atomic E-state index is 5.66. The first-order valence-corrected chi connectivity index (χ1v) is 6.68. The Labute approximate surface area is 117 Å². The topological polar surface area (TPSA) is 82.1 Å². The van der Waals surface area contributed by atoms with Gasteiger partial charge in [-0.15, -0.1) is 0 Å². The summed E-state index contributed by atoms with van der Waals surface area (Å²) in [6.07, 6.45) is 5.53. The normalized spacial score (nSPS) is 16.4. The maximum atomic E-state index is 5.66. The van der Waals surface area contributed by atoms with Gasteiger partial charge in [0.25, 0.3) is 0 Å². The molecule has 1 saturated heterocycles. The van der Waals surface area contributed by atoms with E-state index in [-0.39, 0.29) is 0 Å². The molecule has 0 aliphatic carbocycles. The summed E-state index contributed by atoms with van der Waals surface area (Å²) in [5.41, 5.74) is 5.66. The van der Waals surface area contributed by atoms with Crippen LogP contribution in [0.5, 0.6) is 5.88 Å². The van der Waals surface area contributed by atoms with Gasteiger partial charge in [-0.3, -0.25) is 4.68 Å². The predicted molar refractivity (Wildman–Crippen MR) is 75.7 cm³/mol. The van der Waals surface area contributed by atoms with Crippen molar-refractivity contribution in [3.8, 4) is 5.88 Å². The van der Waals surface area contributed by atoms with Crippen molar-refractivity contribution < 1.29 is 4.74 Å². The zero-order valence-corrected chi connectivity index (χ0v) is 11.4. The summed E-state index contributed by atoms with van der Waals surface area (Å²) < 4.78 is 7.10. The number of anilines is 2. The van der Waals surface area contributed by atoms with Gasteiger partial charge in [-0.2, -0.15) is 5.10 Å². The molecule has 0 atom stereocenters. The molecule has 3 heterocycles. The van der Waals surface area contributed by atoms with Crippen LogP contribution < -0.4 is 15.4 Å². The molecule has 2 aromatic rings. The summed E-state index contributed by atoms with van der Waals surface area (Å²) in [6.45, 7) is 1.87. The predicted octanol–water partition coefficient (Wildman–Crippen LogP) is 1.11. The molecule has 2 aromatic heterocycles. The van der Waals surface area contributed by atoms with E-state index in [1.165, 1.54) is 6.33 Å². The van der Waals surface area contributed by atoms with E-state index in [9.17, 15) is 0 Å². The Bertz CT molecular complexity index is 576. The highest BCUT2D eigenvalue weighted by atomic mass is 16.5. The highest BCUT2D eigenvalue weighted by Crippen LogP contribution is 2.26. The number of ether oxygens (including phenoxy) is 1. The molecule has 2 N–H and O–H groups in total. The summed E-state index contributed by atoms with van der Waals surface area (Å²) in [5.74, 6) is 2.08. The molecule has 0 radical (unpaired) electrons. The molecule has 1 aliphatic rings. The van der Waals surface area contributed by atoms with Crippen molar-refractivity contribution in [2.75, 3.05) is 30.8 Å². The summed E-state index contributed by atoms with van der Waals surface area (Å²) >= 11 is 0. The lowest BCUT2D eigenvalue weighted by Crippen LogP contribution is -2.35. The molecule has 7 heteroatoms. The number of hydrogen-bond donors (Lipinski definition) is 1. The minimum absolute atomic E-state index is 0.410. The molecule has 1 aliphatic heterocycles. The van der Waals surface area contributed by atoms with Crippen molar-refractivity contribution in [1.82, 2.24) is 19.7 Å². The van der Waals surface area contributed by atoms with Gasteiger partial charge in [0.1, 0.15) is 18.0 Å². The van der Waals surface area contributed by atoms with E-state index in [1.54, 1.807) is 7.11 Å². The van der Waals surface area contributed by atoms with Gasteiger partial charge in [0.05, 0.1) is 13.2 Å². The Hall–Kier alpha value is -2.31. The Morgan fingerprint density at radius 1 is 1.30 bits per heavy atom. The molecule has 0 unspecified atom stereocenters. The Morgan fingerprint density at radius 2 is 2.10 bits per heavy atom. The second kappa shape index (κ2) is 5.36. The molecule has 0 spiro atoms. The third-order valence-corrected chi connectivity index (χ3v) is 3.63. The number of aromatic nitrogens is 4. The molecule has 20 heavy (non-hydrogen) atoms. The Balaban J connectivity index is 1.66. The van der Waals surface area contributed by atoms with Crippen molar-refractivity contribution >= 4 is 11.6 Å². The number of rotatable bonds is 3. The Morgan fingerprint density at radius 3 is 2.75 bits per heavy atom. The van der Waals surface area contributed by atoms with E-state index in [0.29, 0.717) is 17.7 Å². The molecule has 7 nitrogen and oxygen atoms in total. The maximum Gasteiger partial charge on any atom is 0.218 e. The van der Waals surface area contributed by atoms with Crippen LogP contribution in [0.25, 0.3) is 0 Å². The molecule has 0 aromatic carbocycles. The zero-order valence-electron chi connectivity index (χ0n) is 11.4. The fourth-order valence-corrected chi connectivity index (χ4v) is 2.53. The molecule has 0 saturated carbocycles. The smallest absolute Gasteiger partial charge is 0.218 e. The summed E-state index contributed by atoms with van der Waals surface area (Å²) in [5, 5.41) is 4.29. The minimum Gasteiger partial charge on any atom is -0.481 e. The second-order valence-electron chi connectivity index (χ2n) is 4.86. The third-order valence-electron chi connectivity index (χ3n) is 3.63. The van der Waals surface area contributed by atoms with E-state index < -0.39 is 0 Å². The number of nitrogens with zero attached hydrogens (tertiary/aromatic N) is 5. The van der Waals surface area contributed by atoms with Crippen molar-refractivity contribution in [3.05, 3.63) is 24.7 Å². The van der Waals surface area contributed by atoms with Gasteiger partial charge in [0.15, 0.2) is 0 Å². The second-order valence-corrected chi connectivity index (χ2v) is 4.86. The van der Waals surface area contributed by atoms with Crippen molar-refractivity contribution in [2.45, 2.75) is 18.9 Å². The average Bonchev–Trinajstić information content (AvgIpc) is 2.94. The van der Waals surface area contributed by atoms with E-state index in [2.05, 4.69) is 20.0 Å². The van der Waals surface area contributed by atoms with Crippen LogP contribution in [0.15, 0.2) is 24.7 Å². The monoisotopic (exact) mass is 274 g/mol. The largest absolute Gasteiger partial charge is 0.481 e. The Kier molecular flexibility index (Phi) is 3.41. The molecular weight excluding hydrogens is 256 g/mol. The molecular formula is C13H18N6O. The number of piperidine rings is 1. The SMILES string of the molecule is COc1cc(N2CCC(n3ccc(N)n3)CC2)ncn1. The zero-order chi connectivity index (χ0) is 13.9. The van der Waals surface area contributed by atoms with Crippen LogP contribution in [-0.2, 0) is 0 Å². The van der Waals surface area contributed by atoms with E-state index in [0.717, 1.165) is 31.7 Å². The van der Waals surface area contributed by atoms with Crippen LogP contribution in [0.3, 0.4) is 0 Å². The van der Waals surface area contributed by atoms with Gasteiger partial charge in [-0.05, 0) is 18.9 Å². The summed E-state index contributed by atoms with van der Waals surface area (Å²) in [4.78, 5) is 10.6. The standard InChI is InChI=1S/C13H18N6O/c1-20-13-8-12(15-9-16-13)18-5-2-10(3-6-18)19-7-4-11(14)17-19/h4,7-10H,2-3,5-6H2,1H3,(H2,14,17). The number of nitrogens with two attached hydrogens (primary N) is 1. The molecule has 3 rings (SSSR count). The van der Waals surface area contributed by atoms with Crippen LogP contribution in [-0.4, -0.2) is 39.9 Å². The lowest BCUT2D eigenvalue weighted by molar-refractivity contribution is 0.365. The van der Waals surface area contributed by atoms with Crippen LogP contribution in [0.1, 0.15) is 18.9 Å². The van der Waals surface area contributed by atoms with Gasteiger partial charge in [-0.1, -0.05) is 0 Å². The lowest BCUT2D eigenvalue weighted by atomic mass is 10.1. The molecule has 1 fully saturated rings. The first-order chi connectivity index (χ1) is 9.76. The van der Waals surface area contributed by atoms with Crippen molar-refractivity contribution in [1.29, 1.82) is 0 Å². The molecule has 0 amide bonds. The average molecular weight is 274 g/mol. The summed E-state index contributed by atoms with van der Waals surface area (Å²) in [6, 6.07) is 4.11. The number of nitrogen functional groups attached to an aromatic ring is 1. The van der Waals surface area contributed by atoms with Crippen LogP contribution in [0, 0.1) is 0 Å². The fourth-order valence-electron chi connectivity index (χ4n) is 2.53. The van der Waals surface area contributed by atoms with Crippen LogP contribution in [0.4, 0.5) is 11.6 Å². The first-order valence-electron chi connectivity index (χ1n) is 6.68. The molecule has 106 valence electrons. The summed E-state index contributed by atoms with van der Waals surface area (Å²) in [7, 11) is 1.61.